The number of sulfonamides is 1. The molecule has 2 heterocycles. The van der Waals surface area contributed by atoms with Gasteiger partial charge in [-0.05, 0) is 50.4 Å². The highest BCUT2D eigenvalue weighted by molar-refractivity contribution is 7.91. The minimum absolute atomic E-state index is 0.0482. The monoisotopic (exact) mass is 387 g/mol. The number of hydrogen-bond donors (Lipinski definition) is 2. The summed E-state index contributed by atoms with van der Waals surface area (Å²) in [6.07, 6.45) is 2.08. The Bertz CT molecular complexity index is 670. The molecule has 1 aromatic heterocycles. The molecule has 0 aromatic carbocycles. The molecule has 1 amide bonds. The van der Waals surface area contributed by atoms with Gasteiger partial charge in [0.05, 0.1) is 0 Å². The first-order valence-corrected chi connectivity index (χ1v) is 11.1. The zero-order valence-corrected chi connectivity index (χ0v) is 16.9. The quantitative estimate of drug-likeness (QED) is 0.676. The van der Waals surface area contributed by atoms with E-state index in [1.165, 1.54) is 11.3 Å². The summed E-state index contributed by atoms with van der Waals surface area (Å²) in [4.78, 5) is 12.6. The Balaban J connectivity index is 1.88. The standard InChI is InChI=1S/C17H29N3O3S2/c1-13(2)10-16(21)19-8-6-15-4-5-17(24-15)25(22,23)20-9-7-14(12-20)11-18-3/h4-5,13-14,18H,6-12H2,1-3H3,(H,19,21). The molecule has 1 saturated heterocycles. The van der Waals surface area contributed by atoms with E-state index >= 15 is 0 Å². The molecule has 25 heavy (non-hydrogen) atoms. The molecule has 142 valence electrons. The van der Waals surface area contributed by atoms with E-state index in [9.17, 15) is 13.2 Å². The van der Waals surface area contributed by atoms with E-state index in [4.69, 9.17) is 0 Å². The van der Waals surface area contributed by atoms with Crippen LogP contribution in [0.15, 0.2) is 16.3 Å². The summed E-state index contributed by atoms with van der Waals surface area (Å²) < 4.78 is 27.5. The molecule has 0 saturated carbocycles. The molecule has 0 bridgehead atoms. The van der Waals surface area contributed by atoms with Gasteiger partial charge in [-0.3, -0.25) is 4.79 Å². The van der Waals surface area contributed by atoms with Crippen LogP contribution in [0, 0.1) is 11.8 Å². The molecular weight excluding hydrogens is 358 g/mol. The van der Waals surface area contributed by atoms with Crippen molar-refractivity contribution in [3.05, 3.63) is 17.0 Å². The fourth-order valence-corrected chi connectivity index (χ4v) is 6.04. The molecule has 1 fully saturated rings. The molecule has 1 unspecified atom stereocenters. The molecular formula is C17H29N3O3S2. The predicted molar refractivity (Wildman–Crippen MR) is 101 cm³/mol. The van der Waals surface area contributed by atoms with Gasteiger partial charge >= 0.3 is 0 Å². The molecule has 1 aliphatic rings. The third-order valence-electron chi connectivity index (χ3n) is 4.26. The van der Waals surface area contributed by atoms with Crippen LogP contribution in [0.5, 0.6) is 0 Å². The Morgan fingerprint density at radius 1 is 1.40 bits per heavy atom. The number of rotatable bonds is 9. The fraction of sp³-hybridized carbons (Fsp3) is 0.706. The number of hydrogen-bond acceptors (Lipinski definition) is 5. The molecule has 8 heteroatoms. The lowest BCUT2D eigenvalue weighted by Gasteiger charge is -2.15. The predicted octanol–water partition coefficient (Wildman–Crippen LogP) is 1.68. The van der Waals surface area contributed by atoms with Gasteiger partial charge in [0.2, 0.25) is 5.91 Å². The highest BCUT2D eigenvalue weighted by Crippen LogP contribution is 2.29. The lowest BCUT2D eigenvalue weighted by Crippen LogP contribution is -2.30. The van der Waals surface area contributed by atoms with Gasteiger partial charge in [0.1, 0.15) is 4.21 Å². The first-order chi connectivity index (χ1) is 11.8. The van der Waals surface area contributed by atoms with Crippen LogP contribution in [0.4, 0.5) is 0 Å². The Labute approximate surface area is 155 Å². The smallest absolute Gasteiger partial charge is 0.252 e. The molecule has 1 aliphatic heterocycles. The number of nitrogens with one attached hydrogen (secondary N) is 2. The SMILES string of the molecule is CNCC1CCN(S(=O)(=O)c2ccc(CCNC(=O)CC(C)C)s2)C1. The first kappa shape index (κ1) is 20.4. The molecule has 0 radical (unpaired) electrons. The van der Waals surface area contributed by atoms with E-state index in [2.05, 4.69) is 10.6 Å². The summed E-state index contributed by atoms with van der Waals surface area (Å²) in [5, 5.41) is 6.00. The minimum atomic E-state index is -3.39. The number of carbonyl (C=O) groups excluding carboxylic acids is 1. The molecule has 2 rings (SSSR count). The van der Waals surface area contributed by atoms with Crippen LogP contribution in [0.2, 0.25) is 0 Å². The highest BCUT2D eigenvalue weighted by atomic mass is 32.2. The zero-order valence-electron chi connectivity index (χ0n) is 15.2. The van der Waals surface area contributed by atoms with Crippen LogP contribution in [0.3, 0.4) is 0 Å². The van der Waals surface area contributed by atoms with Gasteiger partial charge in [-0.1, -0.05) is 13.8 Å². The highest BCUT2D eigenvalue weighted by Gasteiger charge is 2.33. The van der Waals surface area contributed by atoms with Crippen LogP contribution < -0.4 is 10.6 Å². The molecule has 1 aromatic rings. The van der Waals surface area contributed by atoms with Crippen LogP contribution in [-0.2, 0) is 21.2 Å². The van der Waals surface area contributed by atoms with Gasteiger partial charge < -0.3 is 10.6 Å². The van der Waals surface area contributed by atoms with E-state index < -0.39 is 10.0 Å². The van der Waals surface area contributed by atoms with Gasteiger partial charge in [0.15, 0.2) is 0 Å². The van der Waals surface area contributed by atoms with Crippen molar-refractivity contribution in [1.29, 1.82) is 0 Å². The second-order valence-electron chi connectivity index (χ2n) is 6.99. The summed E-state index contributed by atoms with van der Waals surface area (Å²) in [6, 6.07) is 3.55. The Morgan fingerprint density at radius 2 is 2.16 bits per heavy atom. The van der Waals surface area contributed by atoms with Gasteiger partial charge in [-0.15, -0.1) is 11.3 Å². The van der Waals surface area contributed by atoms with E-state index in [-0.39, 0.29) is 5.91 Å². The number of amides is 1. The van der Waals surface area contributed by atoms with E-state index in [1.54, 1.807) is 10.4 Å². The van der Waals surface area contributed by atoms with Crippen LogP contribution >= 0.6 is 11.3 Å². The number of nitrogens with zero attached hydrogens (tertiary/aromatic N) is 1. The summed E-state index contributed by atoms with van der Waals surface area (Å²) in [7, 11) is -1.50. The third-order valence-corrected chi connectivity index (χ3v) is 7.74. The van der Waals surface area contributed by atoms with Crippen LogP contribution in [0.1, 0.15) is 31.6 Å². The van der Waals surface area contributed by atoms with Gasteiger partial charge in [-0.2, -0.15) is 4.31 Å². The summed E-state index contributed by atoms with van der Waals surface area (Å²) in [5.41, 5.74) is 0. The number of thiophene rings is 1. The van der Waals surface area contributed by atoms with Crippen molar-refractivity contribution in [2.75, 3.05) is 33.2 Å². The largest absolute Gasteiger partial charge is 0.356 e. The fourth-order valence-electron chi connectivity index (χ4n) is 3.00. The normalized spacial score (nSPS) is 18.8. The molecule has 1 atom stereocenters. The van der Waals surface area contributed by atoms with Gasteiger partial charge in [0.25, 0.3) is 10.0 Å². The molecule has 0 aliphatic carbocycles. The maximum absolute atomic E-state index is 12.7. The molecule has 2 N–H and O–H groups in total. The second kappa shape index (κ2) is 9.12. The van der Waals surface area contributed by atoms with Gasteiger partial charge in [0, 0.05) is 30.9 Å². The van der Waals surface area contributed by atoms with Crippen molar-refractivity contribution in [3.63, 3.8) is 0 Å². The van der Waals surface area contributed by atoms with Crippen molar-refractivity contribution < 1.29 is 13.2 Å². The van der Waals surface area contributed by atoms with Crippen molar-refractivity contribution >= 4 is 27.3 Å². The summed E-state index contributed by atoms with van der Waals surface area (Å²) in [5.74, 6) is 0.771. The second-order valence-corrected chi connectivity index (χ2v) is 10.3. The topological polar surface area (TPSA) is 78.5 Å². The van der Waals surface area contributed by atoms with E-state index in [1.807, 2.05) is 27.0 Å². The lowest BCUT2D eigenvalue weighted by atomic mass is 10.1. The summed E-state index contributed by atoms with van der Waals surface area (Å²) >= 11 is 1.31. The zero-order chi connectivity index (χ0) is 18.4. The molecule has 6 nitrogen and oxygen atoms in total. The Hall–Kier alpha value is -0.960. The first-order valence-electron chi connectivity index (χ1n) is 8.83. The van der Waals surface area contributed by atoms with E-state index in [0.29, 0.717) is 48.5 Å². The maximum Gasteiger partial charge on any atom is 0.252 e. The Morgan fingerprint density at radius 3 is 2.84 bits per heavy atom. The summed E-state index contributed by atoms with van der Waals surface area (Å²) in [6.45, 7) is 6.58. The number of carbonyl (C=O) groups is 1. The van der Waals surface area contributed by atoms with Crippen molar-refractivity contribution in [1.82, 2.24) is 14.9 Å². The maximum atomic E-state index is 12.7. The van der Waals surface area contributed by atoms with Crippen LogP contribution in [-0.4, -0.2) is 51.9 Å². The van der Waals surface area contributed by atoms with Gasteiger partial charge in [-0.25, -0.2) is 8.42 Å². The molecule has 0 spiro atoms. The average molecular weight is 388 g/mol. The average Bonchev–Trinajstić information content (AvgIpc) is 3.16. The Kier molecular flexibility index (Phi) is 7.42. The minimum Gasteiger partial charge on any atom is -0.356 e. The van der Waals surface area contributed by atoms with Crippen molar-refractivity contribution in [3.8, 4) is 0 Å². The van der Waals surface area contributed by atoms with Crippen molar-refractivity contribution in [2.45, 2.75) is 37.3 Å². The van der Waals surface area contributed by atoms with Crippen LogP contribution in [0.25, 0.3) is 0 Å². The third kappa shape index (κ3) is 5.77. The van der Waals surface area contributed by atoms with E-state index in [0.717, 1.165) is 17.8 Å². The van der Waals surface area contributed by atoms with Crippen molar-refractivity contribution in [2.24, 2.45) is 11.8 Å². The lowest BCUT2D eigenvalue weighted by molar-refractivity contribution is -0.121.